The van der Waals surface area contributed by atoms with Crippen molar-refractivity contribution in [3.63, 3.8) is 0 Å². The van der Waals surface area contributed by atoms with E-state index in [1.165, 1.54) is 0 Å². The third-order valence-electron chi connectivity index (χ3n) is 2.75. The highest BCUT2D eigenvalue weighted by molar-refractivity contribution is 5.87. The summed E-state index contributed by atoms with van der Waals surface area (Å²) in [5, 5.41) is 11.3. The molecule has 0 spiro atoms. The Kier molecular flexibility index (Phi) is 4.54. The van der Waals surface area contributed by atoms with Gasteiger partial charge in [0.1, 0.15) is 0 Å². The number of hydrogen-bond acceptors (Lipinski definition) is 3. The fraction of sp³-hybridized carbons (Fsp3) is 0.417. The van der Waals surface area contributed by atoms with E-state index >= 15 is 0 Å². The van der Waals surface area contributed by atoms with Gasteiger partial charge in [0.15, 0.2) is 5.54 Å². The van der Waals surface area contributed by atoms with Gasteiger partial charge in [-0.2, -0.15) is 13.2 Å². The predicted molar refractivity (Wildman–Crippen MR) is 63.1 cm³/mol. The number of nitrogens with one attached hydrogen (secondary N) is 1. The summed E-state index contributed by atoms with van der Waals surface area (Å²) in [5.41, 5.74) is 2.49. The molecule has 19 heavy (non-hydrogen) atoms. The molecule has 0 saturated heterocycles. The van der Waals surface area contributed by atoms with Gasteiger partial charge in [0, 0.05) is 0 Å². The van der Waals surface area contributed by atoms with E-state index in [1.54, 1.807) is 30.3 Å². The summed E-state index contributed by atoms with van der Waals surface area (Å²) < 4.78 is 37.8. The number of amides is 1. The highest BCUT2D eigenvalue weighted by atomic mass is 19.4. The molecule has 4 N–H and O–H groups in total. The van der Waals surface area contributed by atoms with Crippen LogP contribution in [0.25, 0.3) is 0 Å². The zero-order chi connectivity index (χ0) is 14.7. The van der Waals surface area contributed by atoms with Crippen molar-refractivity contribution < 1.29 is 23.1 Å². The van der Waals surface area contributed by atoms with E-state index in [0.717, 1.165) is 0 Å². The van der Waals surface area contributed by atoms with Crippen molar-refractivity contribution >= 4 is 5.91 Å². The lowest BCUT2D eigenvalue weighted by atomic mass is 10.0. The van der Waals surface area contributed by atoms with Crippen LogP contribution in [-0.2, 0) is 4.79 Å². The molecule has 2 atom stereocenters. The Morgan fingerprint density at radius 1 is 1.37 bits per heavy atom. The summed E-state index contributed by atoms with van der Waals surface area (Å²) in [5.74, 6) is -1.39. The van der Waals surface area contributed by atoms with Crippen LogP contribution >= 0.6 is 0 Å². The van der Waals surface area contributed by atoms with Gasteiger partial charge in [-0.15, -0.1) is 0 Å². The van der Waals surface area contributed by atoms with Crippen LogP contribution in [0.2, 0.25) is 0 Å². The molecule has 1 rings (SSSR count). The number of halogens is 3. The van der Waals surface area contributed by atoms with E-state index in [2.05, 4.69) is 5.32 Å². The minimum Gasteiger partial charge on any atom is -0.394 e. The third kappa shape index (κ3) is 3.45. The van der Waals surface area contributed by atoms with E-state index in [1.807, 2.05) is 0 Å². The van der Waals surface area contributed by atoms with Crippen molar-refractivity contribution in [1.82, 2.24) is 5.32 Å². The van der Waals surface area contributed by atoms with Crippen LogP contribution in [-0.4, -0.2) is 29.3 Å². The molecular formula is C12H15F3N2O2. The standard InChI is InChI=1S/C12H15F3N2O2/c1-11(16,12(13,14)15)10(19)17-9(7-18)8-5-3-2-4-6-8/h2-6,9,18H,7,16H2,1H3,(H,17,19)/t9-,11?/m1/s1. The Bertz CT molecular complexity index is 432. The highest BCUT2D eigenvalue weighted by Gasteiger charge is 2.54. The maximum atomic E-state index is 12.6. The number of benzene rings is 1. The molecule has 0 aliphatic heterocycles. The fourth-order valence-electron chi connectivity index (χ4n) is 1.36. The number of aliphatic hydroxyl groups is 1. The molecule has 7 heteroatoms. The van der Waals surface area contributed by atoms with E-state index in [-0.39, 0.29) is 0 Å². The summed E-state index contributed by atoms with van der Waals surface area (Å²) >= 11 is 0. The number of alkyl halides is 3. The zero-order valence-electron chi connectivity index (χ0n) is 10.2. The molecule has 0 fully saturated rings. The highest BCUT2D eigenvalue weighted by Crippen LogP contribution is 2.28. The molecule has 0 saturated carbocycles. The summed E-state index contributed by atoms with van der Waals surface area (Å²) in [4.78, 5) is 11.6. The Hall–Kier alpha value is -1.60. The van der Waals surface area contributed by atoms with E-state index in [9.17, 15) is 18.0 Å². The summed E-state index contributed by atoms with van der Waals surface area (Å²) in [6.07, 6.45) is -4.87. The van der Waals surface area contributed by atoms with Crippen molar-refractivity contribution in [2.75, 3.05) is 6.61 Å². The van der Waals surface area contributed by atoms with Gasteiger partial charge >= 0.3 is 6.18 Å². The van der Waals surface area contributed by atoms with Gasteiger partial charge in [-0.05, 0) is 12.5 Å². The van der Waals surface area contributed by atoms with Gasteiger partial charge in [0.25, 0.3) is 0 Å². The molecule has 0 aliphatic carbocycles. The molecule has 0 bridgehead atoms. The minimum atomic E-state index is -4.87. The Balaban J connectivity index is 2.86. The molecule has 1 amide bonds. The molecule has 4 nitrogen and oxygen atoms in total. The predicted octanol–water partition coefficient (Wildman–Crippen LogP) is 1.12. The smallest absolute Gasteiger partial charge is 0.394 e. The average Bonchev–Trinajstić information content (AvgIpc) is 2.35. The first-order valence-electron chi connectivity index (χ1n) is 5.52. The Labute approximate surface area is 108 Å². The molecule has 0 heterocycles. The van der Waals surface area contributed by atoms with E-state index in [4.69, 9.17) is 10.8 Å². The topological polar surface area (TPSA) is 75.4 Å². The lowest BCUT2D eigenvalue weighted by Gasteiger charge is -2.28. The normalized spacial score (nSPS) is 16.5. The largest absolute Gasteiger partial charge is 0.415 e. The first kappa shape index (κ1) is 15.5. The summed E-state index contributed by atoms with van der Waals surface area (Å²) in [6.45, 7) is 0.0610. The third-order valence-corrected chi connectivity index (χ3v) is 2.75. The number of carbonyl (C=O) groups excluding carboxylic acids is 1. The SMILES string of the molecule is CC(N)(C(=O)N[C@H](CO)c1ccccc1)C(F)(F)F. The second kappa shape index (κ2) is 5.58. The van der Waals surface area contributed by atoms with Gasteiger partial charge in [-0.3, -0.25) is 4.79 Å². The number of rotatable bonds is 4. The lowest BCUT2D eigenvalue weighted by Crippen LogP contribution is -2.61. The van der Waals surface area contributed by atoms with Crippen LogP contribution in [0, 0.1) is 0 Å². The van der Waals surface area contributed by atoms with Crippen LogP contribution in [0.3, 0.4) is 0 Å². The van der Waals surface area contributed by atoms with Crippen LogP contribution in [0.1, 0.15) is 18.5 Å². The van der Waals surface area contributed by atoms with Crippen molar-refractivity contribution in [2.45, 2.75) is 24.7 Å². The van der Waals surface area contributed by atoms with Crippen LogP contribution < -0.4 is 11.1 Å². The van der Waals surface area contributed by atoms with Crippen LogP contribution in [0.4, 0.5) is 13.2 Å². The van der Waals surface area contributed by atoms with Crippen molar-refractivity contribution in [3.05, 3.63) is 35.9 Å². The monoisotopic (exact) mass is 276 g/mol. The molecule has 0 aliphatic rings. The van der Waals surface area contributed by atoms with E-state index < -0.39 is 30.3 Å². The van der Waals surface area contributed by atoms with Gasteiger partial charge in [0.2, 0.25) is 5.91 Å². The van der Waals surface area contributed by atoms with Crippen molar-refractivity contribution in [2.24, 2.45) is 5.73 Å². The Morgan fingerprint density at radius 3 is 2.32 bits per heavy atom. The average molecular weight is 276 g/mol. The first-order valence-corrected chi connectivity index (χ1v) is 5.52. The Morgan fingerprint density at radius 2 is 1.89 bits per heavy atom. The number of aliphatic hydroxyl groups excluding tert-OH is 1. The molecule has 1 aromatic rings. The van der Waals surface area contributed by atoms with E-state index in [0.29, 0.717) is 12.5 Å². The van der Waals surface area contributed by atoms with Gasteiger partial charge in [-0.1, -0.05) is 30.3 Å². The molecule has 0 aromatic heterocycles. The molecule has 1 unspecified atom stereocenters. The van der Waals surface area contributed by atoms with Gasteiger partial charge < -0.3 is 16.2 Å². The fourth-order valence-corrected chi connectivity index (χ4v) is 1.36. The summed E-state index contributed by atoms with van der Waals surface area (Å²) in [7, 11) is 0. The van der Waals surface area contributed by atoms with Crippen molar-refractivity contribution in [1.29, 1.82) is 0 Å². The van der Waals surface area contributed by atoms with Crippen LogP contribution in [0.15, 0.2) is 30.3 Å². The number of nitrogens with two attached hydrogens (primary N) is 1. The molecule has 0 radical (unpaired) electrons. The number of carbonyl (C=O) groups is 1. The molecular weight excluding hydrogens is 261 g/mol. The van der Waals surface area contributed by atoms with Crippen LogP contribution in [0.5, 0.6) is 0 Å². The quantitative estimate of drug-likeness (QED) is 0.771. The summed E-state index contributed by atoms with van der Waals surface area (Å²) in [6, 6.07) is 7.25. The zero-order valence-corrected chi connectivity index (χ0v) is 10.2. The second-order valence-electron chi connectivity index (χ2n) is 4.32. The minimum absolute atomic E-state index is 0.497. The molecule has 106 valence electrons. The first-order chi connectivity index (χ1) is 8.70. The second-order valence-corrected chi connectivity index (χ2v) is 4.32. The van der Waals surface area contributed by atoms with Gasteiger partial charge in [-0.25, -0.2) is 0 Å². The van der Waals surface area contributed by atoms with Gasteiger partial charge in [0.05, 0.1) is 12.6 Å². The molecule has 1 aromatic carbocycles. The maximum Gasteiger partial charge on any atom is 0.415 e. The number of hydrogen-bond donors (Lipinski definition) is 3. The van der Waals surface area contributed by atoms with Crippen molar-refractivity contribution in [3.8, 4) is 0 Å². The lowest BCUT2D eigenvalue weighted by molar-refractivity contribution is -0.188. The maximum absolute atomic E-state index is 12.6.